The summed E-state index contributed by atoms with van der Waals surface area (Å²) in [6.07, 6.45) is 7.41. The van der Waals surface area contributed by atoms with Crippen molar-refractivity contribution in [3.8, 4) is 22.4 Å². The van der Waals surface area contributed by atoms with Gasteiger partial charge in [0.25, 0.3) is 0 Å². The van der Waals surface area contributed by atoms with Gasteiger partial charge in [-0.3, -0.25) is 0 Å². The first-order valence-electron chi connectivity index (χ1n) is 10.7. The van der Waals surface area contributed by atoms with Crippen molar-refractivity contribution in [2.75, 3.05) is 30.8 Å². The number of hydrogen-bond donors (Lipinski definition) is 2. The number of anilines is 2. The highest BCUT2D eigenvalue weighted by atomic mass is 32.2. The van der Waals surface area contributed by atoms with Gasteiger partial charge in [0.05, 0.1) is 22.2 Å². The van der Waals surface area contributed by atoms with Crippen LogP contribution in [0.15, 0.2) is 53.0 Å². The summed E-state index contributed by atoms with van der Waals surface area (Å²) >= 11 is 3.58. The molecule has 1 aromatic carbocycles. The Balaban J connectivity index is 1.60. The second kappa shape index (κ2) is 9.05. The van der Waals surface area contributed by atoms with Gasteiger partial charge < -0.3 is 15.7 Å². The minimum atomic E-state index is 0.0568. The van der Waals surface area contributed by atoms with Gasteiger partial charge in [-0.25, -0.2) is 15.0 Å². The standard InChI is InChI=1S/C24H25N5OS2/c1-29(10-11-30)24-26-13-16(14-27-24)19-12-18(15-6-3-2-4-7-15)20-21(25)23(32-22(20)28-19)31-17-8-5-9-17/h2-4,6-7,12-14,17,30H,5,8-11,25H2,1H3. The molecule has 4 aromatic rings. The summed E-state index contributed by atoms with van der Waals surface area (Å²) in [5.74, 6) is 0.576. The number of aromatic nitrogens is 3. The Morgan fingerprint density at radius 2 is 1.91 bits per heavy atom. The zero-order valence-corrected chi connectivity index (χ0v) is 19.5. The van der Waals surface area contributed by atoms with E-state index < -0.39 is 0 Å². The third-order valence-corrected chi connectivity index (χ3v) is 8.46. The van der Waals surface area contributed by atoms with Crippen LogP contribution in [-0.2, 0) is 0 Å². The Bertz CT molecular complexity index is 1220. The van der Waals surface area contributed by atoms with Crippen LogP contribution in [0.2, 0.25) is 0 Å². The van der Waals surface area contributed by atoms with Crippen LogP contribution in [0.3, 0.4) is 0 Å². The molecular weight excluding hydrogens is 438 g/mol. The molecule has 1 fully saturated rings. The predicted molar refractivity (Wildman–Crippen MR) is 134 cm³/mol. The average molecular weight is 464 g/mol. The number of pyridine rings is 1. The van der Waals surface area contributed by atoms with E-state index in [-0.39, 0.29) is 6.61 Å². The Morgan fingerprint density at radius 1 is 1.16 bits per heavy atom. The van der Waals surface area contributed by atoms with E-state index in [9.17, 15) is 0 Å². The fraction of sp³-hybridized carbons (Fsp3) is 0.292. The number of fused-ring (bicyclic) bond motifs is 1. The molecule has 0 atom stereocenters. The second-order valence-electron chi connectivity index (χ2n) is 7.99. The zero-order chi connectivity index (χ0) is 22.1. The number of benzene rings is 1. The fourth-order valence-corrected chi connectivity index (χ4v) is 6.51. The summed E-state index contributed by atoms with van der Waals surface area (Å²) in [6.45, 7) is 0.541. The van der Waals surface area contributed by atoms with Gasteiger partial charge in [0, 0.05) is 42.2 Å². The Hall–Kier alpha value is -2.68. The molecule has 0 saturated heterocycles. The van der Waals surface area contributed by atoms with E-state index in [2.05, 4.69) is 28.2 Å². The summed E-state index contributed by atoms with van der Waals surface area (Å²) in [4.78, 5) is 16.7. The number of thiophene rings is 1. The predicted octanol–water partition coefficient (Wildman–Crippen LogP) is 5.08. The molecule has 1 aliphatic rings. The number of aliphatic hydroxyl groups excluding tert-OH is 1. The number of nitrogens with zero attached hydrogens (tertiary/aromatic N) is 4. The van der Waals surface area contributed by atoms with E-state index in [1.54, 1.807) is 23.7 Å². The van der Waals surface area contributed by atoms with Crippen LogP contribution in [0.1, 0.15) is 19.3 Å². The number of aliphatic hydroxyl groups is 1. The molecular formula is C24H25N5OS2. The van der Waals surface area contributed by atoms with Crippen LogP contribution in [0.25, 0.3) is 32.6 Å². The lowest BCUT2D eigenvalue weighted by molar-refractivity contribution is 0.303. The quantitative estimate of drug-likeness (QED) is 0.395. The maximum absolute atomic E-state index is 9.15. The number of likely N-dealkylation sites (N-methyl/N-ethyl adjacent to an activating group) is 1. The summed E-state index contributed by atoms with van der Waals surface area (Å²) in [7, 11) is 1.86. The third kappa shape index (κ3) is 4.05. The highest BCUT2D eigenvalue weighted by molar-refractivity contribution is 8.02. The molecule has 3 N–H and O–H groups in total. The van der Waals surface area contributed by atoms with Gasteiger partial charge in [-0.1, -0.05) is 36.8 Å². The van der Waals surface area contributed by atoms with E-state index >= 15 is 0 Å². The zero-order valence-electron chi connectivity index (χ0n) is 17.9. The first-order chi connectivity index (χ1) is 15.6. The largest absolute Gasteiger partial charge is 0.397 e. The third-order valence-electron chi connectivity index (χ3n) is 5.79. The van der Waals surface area contributed by atoms with Crippen LogP contribution >= 0.6 is 23.1 Å². The van der Waals surface area contributed by atoms with Gasteiger partial charge in [0.15, 0.2) is 0 Å². The number of nitrogens with two attached hydrogens (primary N) is 1. The highest BCUT2D eigenvalue weighted by Gasteiger charge is 2.24. The van der Waals surface area contributed by atoms with Gasteiger partial charge >= 0.3 is 0 Å². The minimum absolute atomic E-state index is 0.0568. The number of nitrogen functional groups attached to an aromatic ring is 1. The maximum atomic E-state index is 9.15. The minimum Gasteiger partial charge on any atom is -0.397 e. The summed E-state index contributed by atoms with van der Waals surface area (Å²) < 4.78 is 1.17. The lowest BCUT2D eigenvalue weighted by Gasteiger charge is -2.23. The number of thioether (sulfide) groups is 1. The maximum Gasteiger partial charge on any atom is 0.225 e. The SMILES string of the molecule is CN(CCO)c1ncc(-c2cc(-c3ccccc3)c3c(N)c(SC4CCC4)sc3n2)cn1. The van der Waals surface area contributed by atoms with E-state index in [0.717, 1.165) is 38.3 Å². The number of hydrogen-bond acceptors (Lipinski definition) is 8. The molecule has 6 nitrogen and oxygen atoms in total. The van der Waals surface area contributed by atoms with Crippen LogP contribution in [0.5, 0.6) is 0 Å². The molecule has 0 amide bonds. The molecule has 0 radical (unpaired) electrons. The summed E-state index contributed by atoms with van der Waals surface area (Å²) in [5.41, 5.74) is 11.4. The van der Waals surface area contributed by atoms with Crippen molar-refractivity contribution in [1.82, 2.24) is 15.0 Å². The molecule has 0 aliphatic heterocycles. The van der Waals surface area contributed by atoms with Gasteiger partial charge in [-0.15, -0.1) is 23.1 Å². The molecule has 0 spiro atoms. The molecule has 3 aromatic heterocycles. The molecule has 0 unspecified atom stereocenters. The van der Waals surface area contributed by atoms with E-state index in [0.29, 0.717) is 17.7 Å². The van der Waals surface area contributed by atoms with Gasteiger partial charge in [0.2, 0.25) is 5.95 Å². The van der Waals surface area contributed by atoms with Crippen LogP contribution in [0, 0.1) is 0 Å². The Kier molecular flexibility index (Phi) is 5.99. The van der Waals surface area contributed by atoms with E-state index in [1.807, 2.05) is 41.9 Å². The topological polar surface area (TPSA) is 88.2 Å². The number of rotatable bonds is 7. The van der Waals surface area contributed by atoms with Crippen molar-refractivity contribution in [3.05, 3.63) is 48.8 Å². The Morgan fingerprint density at radius 3 is 2.56 bits per heavy atom. The second-order valence-corrected chi connectivity index (χ2v) is 10.6. The molecule has 5 rings (SSSR count). The summed E-state index contributed by atoms with van der Waals surface area (Å²) in [6, 6.07) is 12.4. The molecule has 1 aliphatic carbocycles. The first-order valence-corrected chi connectivity index (χ1v) is 12.4. The van der Waals surface area contributed by atoms with E-state index in [1.165, 1.54) is 23.5 Å². The van der Waals surface area contributed by atoms with Crippen molar-refractivity contribution in [3.63, 3.8) is 0 Å². The van der Waals surface area contributed by atoms with Crippen molar-refractivity contribution < 1.29 is 5.11 Å². The lowest BCUT2D eigenvalue weighted by Crippen LogP contribution is -2.23. The summed E-state index contributed by atoms with van der Waals surface area (Å²) in [5, 5.41) is 10.9. The molecule has 8 heteroatoms. The normalized spacial score (nSPS) is 13.9. The van der Waals surface area contributed by atoms with Crippen LogP contribution < -0.4 is 10.6 Å². The molecule has 0 bridgehead atoms. The monoisotopic (exact) mass is 463 g/mol. The lowest BCUT2D eigenvalue weighted by atomic mass is 10.00. The van der Waals surface area contributed by atoms with E-state index in [4.69, 9.17) is 15.8 Å². The molecule has 3 heterocycles. The molecule has 1 saturated carbocycles. The van der Waals surface area contributed by atoms with Crippen molar-refractivity contribution in [2.45, 2.75) is 28.7 Å². The van der Waals surface area contributed by atoms with Crippen LogP contribution in [0.4, 0.5) is 11.6 Å². The van der Waals surface area contributed by atoms with Crippen molar-refractivity contribution in [2.24, 2.45) is 0 Å². The van der Waals surface area contributed by atoms with Crippen molar-refractivity contribution >= 4 is 45.0 Å². The Labute approximate surface area is 195 Å². The van der Waals surface area contributed by atoms with Gasteiger partial charge in [-0.05, 0) is 30.0 Å². The first kappa shape index (κ1) is 21.2. The van der Waals surface area contributed by atoms with Gasteiger partial charge in [0.1, 0.15) is 4.83 Å². The van der Waals surface area contributed by atoms with Crippen LogP contribution in [-0.4, -0.2) is 45.5 Å². The van der Waals surface area contributed by atoms with Gasteiger partial charge in [-0.2, -0.15) is 0 Å². The molecule has 32 heavy (non-hydrogen) atoms. The highest BCUT2D eigenvalue weighted by Crippen LogP contribution is 2.48. The average Bonchev–Trinajstić information content (AvgIpc) is 3.12. The smallest absolute Gasteiger partial charge is 0.225 e. The molecule has 164 valence electrons. The van der Waals surface area contributed by atoms with Crippen molar-refractivity contribution in [1.29, 1.82) is 0 Å². The fourth-order valence-electron chi connectivity index (χ4n) is 3.72.